The summed E-state index contributed by atoms with van der Waals surface area (Å²) in [4.78, 5) is 0. The standard InChI is InChI=1S/C11H12O/c12-11-8-4-3-7-10(11)9-5-1-2-6-9/h1,3-5,7-9,12H,2,6H2. The van der Waals surface area contributed by atoms with Gasteiger partial charge in [-0.05, 0) is 18.9 Å². The molecule has 0 amide bonds. The Bertz CT molecular complexity index is 302. The fourth-order valence-corrected chi connectivity index (χ4v) is 1.69. The van der Waals surface area contributed by atoms with Crippen LogP contribution >= 0.6 is 0 Å². The van der Waals surface area contributed by atoms with Crippen molar-refractivity contribution >= 4 is 0 Å². The second-order valence-electron chi connectivity index (χ2n) is 3.17. The minimum absolute atomic E-state index is 0.425. The lowest BCUT2D eigenvalue weighted by Crippen LogP contribution is -1.90. The van der Waals surface area contributed by atoms with Crippen LogP contribution in [-0.4, -0.2) is 5.11 Å². The lowest BCUT2D eigenvalue weighted by atomic mass is 9.98. The van der Waals surface area contributed by atoms with Gasteiger partial charge in [0.1, 0.15) is 5.75 Å². The molecule has 0 heterocycles. The maximum absolute atomic E-state index is 9.54. The van der Waals surface area contributed by atoms with Gasteiger partial charge in [0, 0.05) is 11.5 Å². The summed E-state index contributed by atoms with van der Waals surface area (Å²) < 4.78 is 0. The Morgan fingerprint density at radius 1 is 1.25 bits per heavy atom. The number of phenols is 1. The van der Waals surface area contributed by atoms with Crippen LogP contribution in [0.2, 0.25) is 0 Å². The normalized spacial score (nSPS) is 21.5. The molecular formula is C11H12O. The Labute approximate surface area is 72.4 Å². The van der Waals surface area contributed by atoms with Gasteiger partial charge in [0.25, 0.3) is 0 Å². The first-order valence-electron chi connectivity index (χ1n) is 4.32. The number of aromatic hydroxyl groups is 1. The highest BCUT2D eigenvalue weighted by Gasteiger charge is 2.14. The van der Waals surface area contributed by atoms with Crippen molar-refractivity contribution in [2.75, 3.05) is 0 Å². The molecule has 0 fully saturated rings. The smallest absolute Gasteiger partial charge is 0.119 e. The highest BCUT2D eigenvalue weighted by atomic mass is 16.3. The first kappa shape index (κ1) is 7.41. The molecule has 62 valence electrons. The van der Waals surface area contributed by atoms with Crippen LogP contribution in [0.25, 0.3) is 0 Å². The quantitative estimate of drug-likeness (QED) is 0.626. The molecule has 0 aromatic heterocycles. The van der Waals surface area contributed by atoms with Gasteiger partial charge in [0.2, 0.25) is 0 Å². The molecule has 1 aliphatic rings. The average Bonchev–Trinajstić information content (AvgIpc) is 2.57. The molecule has 2 rings (SSSR count). The molecule has 1 N–H and O–H groups in total. The zero-order chi connectivity index (χ0) is 8.39. The lowest BCUT2D eigenvalue weighted by Gasteiger charge is -2.09. The number of allylic oxidation sites excluding steroid dienone is 2. The molecule has 0 saturated carbocycles. The van der Waals surface area contributed by atoms with E-state index in [0.29, 0.717) is 11.7 Å². The summed E-state index contributed by atoms with van der Waals surface area (Å²) in [6, 6.07) is 7.58. The molecule has 0 spiro atoms. The molecule has 1 atom stereocenters. The second-order valence-corrected chi connectivity index (χ2v) is 3.17. The number of hydrogen-bond donors (Lipinski definition) is 1. The van der Waals surface area contributed by atoms with Crippen molar-refractivity contribution in [3.63, 3.8) is 0 Å². The van der Waals surface area contributed by atoms with Gasteiger partial charge in [-0.25, -0.2) is 0 Å². The molecule has 0 radical (unpaired) electrons. The minimum Gasteiger partial charge on any atom is -0.508 e. The van der Waals surface area contributed by atoms with E-state index in [9.17, 15) is 5.11 Å². The minimum atomic E-state index is 0.425. The maximum atomic E-state index is 9.54. The van der Waals surface area contributed by atoms with Crippen molar-refractivity contribution in [3.05, 3.63) is 42.0 Å². The molecular weight excluding hydrogens is 148 g/mol. The first-order chi connectivity index (χ1) is 5.88. The third-order valence-electron chi connectivity index (χ3n) is 2.35. The van der Waals surface area contributed by atoms with Crippen LogP contribution in [0, 0.1) is 0 Å². The van der Waals surface area contributed by atoms with Crippen LogP contribution in [-0.2, 0) is 0 Å². The lowest BCUT2D eigenvalue weighted by molar-refractivity contribution is 0.465. The number of rotatable bonds is 1. The van der Waals surface area contributed by atoms with E-state index < -0.39 is 0 Å². The first-order valence-corrected chi connectivity index (χ1v) is 4.32. The van der Waals surface area contributed by atoms with Gasteiger partial charge in [-0.3, -0.25) is 0 Å². The van der Waals surface area contributed by atoms with E-state index in [4.69, 9.17) is 0 Å². The van der Waals surface area contributed by atoms with Crippen LogP contribution < -0.4 is 0 Å². The van der Waals surface area contributed by atoms with Gasteiger partial charge >= 0.3 is 0 Å². The summed E-state index contributed by atoms with van der Waals surface area (Å²) in [5.41, 5.74) is 1.06. The summed E-state index contributed by atoms with van der Waals surface area (Å²) in [5, 5.41) is 9.54. The summed E-state index contributed by atoms with van der Waals surface area (Å²) in [7, 11) is 0. The fraction of sp³-hybridized carbons (Fsp3) is 0.273. The second kappa shape index (κ2) is 3.02. The van der Waals surface area contributed by atoms with Gasteiger partial charge in [0.05, 0.1) is 0 Å². The fourth-order valence-electron chi connectivity index (χ4n) is 1.69. The van der Waals surface area contributed by atoms with Crippen molar-refractivity contribution in [2.45, 2.75) is 18.8 Å². The van der Waals surface area contributed by atoms with Crippen LogP contribution in [0.1, 0.15) is 24.3 Å². The molecule has 1 heteroatoms. The van der Waals surface area contributed by atoms with Crippen molar-refractivity contribution in [2.24, 2.45) is 0 Å². The van der Waals surface area contributed by atoms with Gasteiger partial charge in [-0.15, -0.1) is 0 Å². The number of phenolic OH excluding ortho intramolecular Hbond substituents is 1. The molecule has 12 heavy (non-hydrogen) atoms. The van der Waals surface area contributed by atoms with Crippen molar-refractivity contribution < 1.29 is 5.11 Å². The van der Waals surface area contributed by atoms with Crippen molar-refractivity contribution in [1.82, 2.24) is 0 Å². The Balaban J connectivity index is 2.33. The molecule has 0 bridgehead atoms. The van der Waals surface area contributed by atoms with E-state index >= 15 is 0 Å². The van der Waals surface area contributed by atoms with Crippen LogP contribution in [0.5, 0.6) is 5.75 Å². The maximum Gasteiger partial charge on any atom is 0.119 e. The Morgan fingerprint density at radius 3 is 2.75 bits per heavy atom. The third-order valence-corrected chi connectivity index (χ3v) is 2.35. The predicted molar refractivity (Wildman–Crippen MR) is 49.2 cm³/mol. The van der Waals surface area contributed by atoms with Gasteiger partial charge in [-0.2, -0.15) is 0 Å². The zero-order valence-electron chi connectivity index (χ0n) is 6.90. The van der Waals surface area contributed by atoms with Crippen molar-refractivity contribution in [1.29, 1.82) is 0 Å². The van der Waals surface area contributed by atoms with E-state index in [1.807, 2.05) is 18.2 Å². The predicted octanol–water partition coefficient (Wildman–Crippen LogP) is 2.83. The third kappa shape index (κ3) is 1.22. The Kier molecular flexibility index (Phi) is 1.86. The molecule has 1 aromatic rings. The van der Waals surface area contributed by atoms with E-state index in [1.165, 1.54) is 0 Å². The van der Waals surface area contributed by atoms with Crippen LogP contribution in [0.4, 0.5) is 0 Å². The topological polar surface area (TPSA) is 20.2 Å². The highest BCUT2D eigenvalue weighted by Crippen LogP contribution is 2.33. The molecule has 1 aliphatic carbocycles. The molecule has 1 unspecified atom stereocenters. The zero-order valence-corrected chi connectivity index (χ0v) is 6.90. The van der Waals surface area contributed by atoms with Gasteiger partial charge in [0.15, 0.2) is 0 Å². The molecule has 1 nitrogen and oxygen atoms in total. The summed E-state index contributed by atoms with van der Waals surface area (Å²) >= 11 is 0. The Hall–Kier alpha value is -1.24. The van der Waals surface area contributed by atoms with Crippen LogP contribution in [0.3, 0.4) is 0 Å². The number of hydrogen-bond acceptors (Lipinski definition) is 1. The van der Waals surface area contributed by atoms with Crippen molar-refractivity contribution in [3.8, 4) is 5.75 Å². The van der Waals surface area contributed by atoms with E-state index in [2.05, 4.69) is 12.2 Å². The summed E-state index contributed by atoms with van der Waals surface area (Å²) in [6.07, 6.45) is 6.63. The summed E-state index contributed by atoms with van der Waals surface area (Å²) in [5.74, 6) is 0.861. The SMILES string of the molecule is Oc1ccccc1C1C=CCC1. The number of para-hydroxylation sites is 1. The van der Waals surface area contributed by atoms with Crippen LogP contribution in [0.15, 0.2) is 36.4 Å². The monoisotopic (exact) mass is 160 g/mol. The summed E-state index contributed by atoms with van der Waals surface area (Å²) in [6.45, 7) is 0. The largest absolute Gasteiger partial charge is 0.508 e. The number of benzene rings is 1. The van der Waals surface area contributed by atoms with E-state index in [-0.39, 0.29) is 0 Å². The molecule has 0 saturated heterocycles. The molecule has 0 aliphatic heterocycles. The van der Waals surface area contributed by atoms with E-state index in [1.54, 1.807) is 6.07 Å². The average molecular weight is 160 g/mol. The molecule has 1 aromatic carbocycles. The van der Waals surface area contributed by atoms with E-state index in [0.717, 1.165) is 18.4 Å². The van der Waals surface area contributed by atoms with Gasteiger partial charge in [-0.1, -0.05) is 30.4 Å². The highest BCUT2D eigenvalue weighted by molar-refractivity contribution is 5.38. The Morgan fingerprint density at radius 2 is 2.08 bits per heavy atom. The van der Waals surface area contributed by atoms with Gasteiger partial charge < -0.3 is 5.11 Å².